The lowest BCUT2D eigenvalue weighted by Crippen LogP contribution is -2.29. The summed E-state index contributed by atoms with van der Waals surface area (Å²) in [5.74, 6) is 2.46. The quantitative estimate of drug-likeness (QED) is 0.827. The van der Waals surface area contributed by atoms with Crippen molar-refractivity contribution in [3.63, 3.8) is 0 Å². The molecule has 106 valence electrons. The van der Waals surface area contributed by atoms with E-state index in [1.54, 1.807) is 5.56 Å². The van der Waals surface area contributed by atoms with Crippen LogP contribution in [0.4, 0.5) is 0 Å². The van der Waals surface area contributed by atoms with E-state index < -0.39 is 0 Å². The van der Waals surface area contributed by atoms with Gasteiger partial charge in [-0.1, -0.05) is 51.0 Å². The Kier molecular flexibility index (Phi) is 5.45. The fourth-order valence-corrected chi connectivity index (χ4v) is 3.58. The van der Waals surface area contributed by atoms with E-state index in [1.807, 2.05) is 0 Å². The Bertz CT molecular complexity index is 368. The zero-order valence-electron chi connectivity index (χ0n) is 12.8. The molecule has 0 bridgehead atoms. The highest BCUT2D eigenvalue weighted by molar-refractivity contribution is 5.26. The summed E-state index contributed by atoms with van der Waals surface area (Å²) in [5.41, 5.74) is 3.05. The van der Waals surface area contributed by atoms with Gasteiger partial charge in [-0.3, -0.25) is 0 Å². The highest BCUT2D eigenvalue weighted by Gasteiger charge is 2.29. The van der Waals surface area contributed by atoms with Gasteiger partial charge in [0.05, 0.1) is 0 Å². The van der Waals surface area contributed by atoms with Crippen LogP contribution in [-0.2, 0) is 6.42 Å². The Morgan fingerprint density at radius 3 is 2.53 bits per heavy atom. The van der Waals surface area contributed by atoms with Crippen LogP contribution in [0.3, 0.4) is 0 Å². The zero-order chi connectivity index (χ0) is 13.7. The normalized spacial score (nSPS) is 27.4. The zero-order valence-corrected chi connectivity index (χ0v) is 12.8. The summed E-state index contributed by atoms with van der Waals surface area (Å²) < 4.78 is 0. The van der Waals surface area contributed by atoms with Gasteiger partial charge in [0.25, 0.3) is 0 Å². The second-order valence-corrected chi connectivity index (χ2v) is 6.33. The van der Waals surface area contributed by atoms with Crippen LogP contribution in [0.1, 0.15) is 56.6 Å². The Morgan fingerprint density at radius 1 is 1.16 bits per heavy atom. The van der Waals surface area contributed by atoms with Crippen LogP contribution in [0.5, 0.6) is 0 Å². The third kappa shape index (κ3) is 3.82. The number of hydrogen-bond donors (Lipinski definition) is 1. The van der Waals surface area contributed by atoms with E-state index in [2.05, 4.69) is 50.5 Å². The predicted molar refractivity (Wildman–Crippen MR) is 83.6 cm³/mol. The van der Waals surface area contributed by atoms with Crippen LogP contribution in [0.15, 0.2) is 24.3 Å². The van der Waals surface area contributed by atoms with Crippen LogP contribution in [0.2, 0.25) is 0 Å². The van der Waals surface area contributed by atoms with Crippen molar-refractivity contribution in [2.24, 2.45) is 11.8 Å². The van der Waals surface area contributed by atoms with Gasteiger partial charge in [0.15, 0.2) is 0 Å². The van der Waals surface area contributed by atoms with E-state index in [-0.39, 0.29) is 0 Å². The third-order valence-electron chi connectivity index (χ3n) is 4.67. The van der Waals surface area contributed by atoms with Crippen LogP contribution in [0.25, 0.3) is 0 Å². The molecule has 1 aromatic carbocycles. The molecule has 1 aliphatic rings. The molecule has 2 rings (SSSR count). The summed E-state index contributed by atoms with van der Waals surface area (Å²) in [6.45, 7) is 5.82. The second kappa shape index (κ2) is 7.09. The molecule has 0 amide bonds. The van der Waals surface area contributed by atoms with Crippen molar-refractivity contribution in [1.29, 1.82) is 0 Å². The first-order valence-corrected chi connectivity index (χ1v) is 7.98. The highest BCUT2D eigenvalue weighted by Crippen LogP contribution is 2.40. The lowest BCUT2D eigenvalue weighted by atomic mass is 9.71. The first-order valence-electron chi connectivity index (χ1n) is 7.98. The van der Waals surface area contributed by atoms with Crippen LogP contribution in [-0.4, -0.2) is 13.6 Å². The summed E-state index contributed by atoms with van der Waals surface area (Å²) in [6, 6.07) is 9.45. The Balaban J connectivity index is 2.11. The summed E-state index contributed by atoms with van der Waals surface area (Å²) in [7, 11) is 2.08. The predicted octanol–water partition coefficient (Wildman–Crippen LogP) is 4.38. The van der Waals surface area contributed by atoms with Crippen molar-refractivity contribution in [3.8, 4) is 0 Å². The van der Waals surface area contributed by atoms with Gasteiger partial charge in [-0.05, 0) is 61.7 Å². The Labute approximate surface area is 118 Å². The number of hydrogen-bond acceptors (Lipinski definition) is 1. The van der Waals surface area contributed by atoms with Crippen LogP contribution in [0, 0.1) is 11.8 Å². The fraction of sp³-hybridized carbons (Fsp3) is 0.667. The average Bonchev–Trinajstić information content (AvgIpc) is 2.42. The van der Waals surface area contributed by atoms with Gasteiger partial charge in [-0.2, -0.15) is 0 Å². The lowest BCUT2D eigenvalue weighted by Gasteiger charge is -2.35. The molecule has 19 heavy (non-hydrogen) atoms. The molecule has 0 radical (unpaired) electrons. The molecule has 1 fully saturated rings. The molecular weight excluding hydrogens is 230 g/mol. The van der Waals surface area contributed by atoms with Gasteiger partial charge in [0, 0.05) is 0 Å². The molecule has 0 heterocycles. The monoisotopic (exact) mass is 259 g/mol. The van der Waals surface area contributed by atoms with Gasteiger partial charge in [-0.15, -0.1) is 0 Å². The van der Waals surface area contributed by atoms with Gasteiger partial charge in [0.2, 0.25) is 0 Å². The summed E-state index contributed by atoms with van der Waals surface area (Å²) in [6.07, 6.45) is 6.59. The van der Waals surface area contributed by atoms with Gasteiger partial charge >= 0.3 is 0 Å². The van der Waals surface area contributed by atoms with E-state index >= 15 is 0 Å². The van der Waals surface area contributed by atoms with Crippen molar-refractivity contribution >= 4 is 0 Å². The van der Waals surface area contributed by atoms with Crippen LogP contribution < -0.4 is 5.32 Å². The minimum Gasteiger partial charge on any atom is -0.319 e. The van der Waals surface area contributed by atoms with Gasteiger partial charge in [0.1, 0.15) is 0 Å². The first-order chi connectivity index (χ1) is 9.24. The molecule has 3 unspecified atom stereocenters. The minimum absolute atomic E-state index is 0.756. The Hall–Kier alpha value is -0.820. The first kappa shape index (κ1) is 14.6. The van der Waals surface area contributed by atoms with Crippen molar-refractivity contribution in [2.75, 3.05) is 13.6 Å². The molecule has 3 atom stereocenters. The number of nitrogens with one attached hydrogen (secondary N) is 1. The molecule has 0 aliphatic heterocycles. The number of benzene rings is 1. The SMILES string of the molecule is CCCc1ccc(C2CC(C)CCC2CNC)cc1. The van der Waals surface area contributed by atoms with Crippen molar-refractivity contribution in [2.45, 2.75) is 51.9 Å². The van der Waals surface area contributed by atoms with E-state index in [0.29, 0.717) is 0 Å². The summed E-state index contributed by atoms with van der Waals surface area (Å²) in [4.78, 5) is 0. The largest absolute Gasteiger partial charge is 0.319 e. The molecule has 0 spiro atoms. The highest BCUT2D eigenvalue weighted by atomic mass is 14.8. The van der Waals surface area contributed by atoms with Crippen molar-refractivity contribution in [3.05, 3.63) is 35.4 Å². The fourth-order valence-electron chi connectivity index (χ4n) is 3.58. The average molecular weight is 259 g/mol. The molecule has 1 nitrogen and oxygen atoms in total. The summed E-state index contributed by atoms with van der Waals surface area (Å²) in [5, 5.41) is 3.38. The van der Waals surface area contributed by atoms with E-state index in [1.165, 1.54) is 37.7 Å². The molecule has 1 aromatic rings. The third-order valence-corrected chi connectivity index (χ3v) is 4.67. The maximum absolute atomic E-state index is 3.38. The van der Waals surface area contributed by atoms with E-state index in [9.17, 15) is 0 Å². The van der Waals surface area contributed by atoms with Gasteiger partial charge in [-0.25, -0.2) is 0 Å². The smallest absolute Gasteiger partial charge is 0.00177 e. The van der Waals surface area contributed by atoms with E-state index in [4.69, 9.17) is 0 Å². The molecule has 1 N–H and O–H groups in total. The van der Waals surface area contributed by atoms with Crippen molar-refractivity contribution in [1.82, 2.24) is 5.32 Å². The molecule has 0 saturated heterocycles. The molecular formula is C18H29N. The Morgan fingerprint density at radius 2 is 1.89 bits per heavy atom. The summed E-state index contributed by atoms with van der Waals surface area (Å²) >= 11 is 0. The number of rotatable bonds is 5. The topological polar surface area (TPSA) is 12.0 Å². The molecule has 1 saturated carbocycles. The molecule has 0 aromatic heterocycles. The van der Waals surface area contributed by atoms with E-state index in [0.717, 1.165) is 24.3 Å². The minimum atomic E-state index is 0.756. The maximum Gasteiger partial charge on any atom is -0.00177 e. The second-order valence-electron chi connectivity index (χ2n) is 6.33. The molecule has 1 aliphatic carbocycles. The maximum atomic E-state index is 3.38. The number of aryl methyl sites for hydroxylation is 1. The van der Waals surface area contributed by atoms with Crippen LogP contribution >= 0.6 is 0 Å². The lowest BCUT2D eigenvalue weighted by molar-refractivity contribution is 0.245. The standard InChI is InChI=1S/C18H29N/c1-4-5-15-7-10-16(11-8-15)18-12-14(2)6-9-17(18)13-19-3/h7-8,10-11,14,17-19H,4-6,9,12-13H2,1-3H3. The van der Waals surface area contributed by atoms with Crippen molar-refractivity contribution < 1.29 is 0 Å². The molecule has 1 heteroatoms. The van der Waals surface area contributed by atoms with Gasteiger partial charge < -0.3 is 5.32 Å².